The average molecular weight is 384 g/mol. The van der Waals surface area contributed by atoms with Crippen molar-refractivity contribution in [2.75, 3.05) is 57.0 Å². The molecule has 1 amide bonds. The molecular weight excluding hydrogens is 356 g/mol. The molecule has 1 aromatic carbocycles. The van der Waals surface area contributed by atoms with E-state index < -0.39 is 0 Å². The SMILES string of the molecule is COc1ccc(N2CCN([C@@H]3CCCN(C(=O)c4cc(N)n[nH]4)C3)CC2)cc1. The summed E-state index contributed by atoms with van der Waals surface area (Å²) in [6, 6.07) is 10.3. The quantitative estimate of drug-likeness (QED) is 0.829. The normalized spacial score (nSPS) is 21.0. The van der Waals surface area contributed by atoms with Crippen LogP contribution in [0.15, 0.2) is 30.3 Å². The zero-order valence-electron chi connectivity index (χ0n) is 16.3. The van der Waals surface area contributed by atoms with Gasteiger partial charge in [-0.25, -0.2) is 0 Å². The second kappa shape index (κ2) is 8.10. The molecule has 4 rings (SSSR count). The van der Waals surface area contributed by atoms with Crippen LogP contribution < -0.4 is 15.4 Å². The third kappa shape index (κ3) is 3.91. The van der Waals surface area contributed by atoms with Gasteiger partial charge in [-0.2, -0.15) is 5.10 Å². The zero-order valence-corrected chi connectivity index (χ0v) is 16.3. The van der Waals surface area contributed by atoms with Crippen molar-refractivity contribution in [3.05, 3.63) is 36.0 Å². The topological polar surface area (TPSA) is 90.7 Å². The number of aromatic nitrogens is 2. The van der Waals surface area contributed by atoms with E-state index in [9.17, 15) is 4.79 Å². The van der Waals surface area contributed by atoms with Gasteiger partial charge in [-0.3, -0.25) is 14.8 Å². The molecule has 0 unspecified atom stereocenters. The highest BCUT2D eigenvalue weighted by Gasteiger charge is 2.30. The number of carbonyl (C=O) groups excluding carboxylic acids is 1. The summed E-state index contributed by atoms with van der Waals surface area (Å²) in [5, 5.41) is 6.60. The van der Waals surface area contributed by atoms with E-state index in [0.717, 1.165) is 57.9 Å². The van der Waals surface area contributed by atoms with Gasteiger partial charge in [-0.05, 0) is 37.1 Å². The number of anilines is 2. The van der Waals surface area contributed by atoms with Crippen LogP contribution in [0.1, 0.15) is 23.3 Å². The van der Waals surface area contributed by atoms with Gasteiger partial charge in [0.05, 0.1) is 7.11 Å². The van der Waals surface area contributed by atoms with Crippen molar-refractivity contribution >= 4 is 17.4 Å². The minimum atomic E-state index is -0.00855. The minimum Gasteiger partial charge on any atom is -0.497 e. The Balaban J connectivity index is 1.33. The van der Waals surface area contributed by atoms with Crippen molar-refractivity contribution in [1.82, 2.24) is 20.0 Å². The van der Waals surface area contributed by atoms with Gasteiger partial charge in [0.25, 0.3) is 5.91 Å². The molecule has 2 aromatic rings. The summed E-state index contributed by atoms with van der Waals surface area (Å²) in [6.45, 7) is 5.56. The number of carbonyl (C=O) groups is 1. The Morgan fingerprint density at radius 3 is 2.57 bits per heavy atom. The molecule has 1 atom stereocenters. The predicted octanol–water partition coefficient (Wildman–Crippen LogP) is 1.43. The number of nitrogen functional groups attached to an aromatic ring is 1. The highest BCUT2D eigenvalue weighted by Crippen LogP contribution is 2.23. The van der Waals surface area contributed by atoms with Crippen molar-refractivity contribution in [1.29, 1.82) is 0 Å². The lowest BCUT2D eigenvalue weighted by Crippen LogP contribution is -2.55. The van der Waals surface area contributed by atoms with E-state index in [1.165, 1.54) is 5.69 Å². The summed E-state index contributed by atoms with van der Waals surface area (Å²) in [4.78, 5) is 19.6. The number of nitrogens with zero attached hydrogens (tertiary/aromatic N) is 4. The third-order valence-corrected chi connectivity index (χ3v) is 5.78. The van der Waals surface area contributed by atoms with Crippen LogP contribution in [-0.2, 0) is 0 Å². The lowest BCUT2D eigenvalue weighted by molar-refractivity contribution is 0.0558. The Kier molecular flexibility index (Phi) is 5.38. The molecule has 0 spiro atoms. The summed E-state index contributed by atoms with van der Waals surface area (Å²) >= 11 is 0. The van der Waals surface area contributed by atoms with Crippen LogP contribution in [0.5, 0.6) is 5.75 Å². The summed E-state index contributed by atoms with van der Waals surface area (Å²) in [6.07, 6.45) is 2.16. The molecule has 0 bridgehead atoms. The molecule has 2 saturated heterocycles. The van der Waals surface area contributed by atoms with Crippen LogP contribution in [0, 0.1) is 0 Å². The average Bonchev–Trinajstić information content (AvgIpc) is 3.20. The molecule has 1 aromatic heterocycles. The molecule has 0 radical (unpaired) electrons. The number of likely N-dealkylation sites (tertiary alicyclic amines) is 1. The third-order valence-electron chi connectivity index (χ3n) is 5.78. The van der Waals surface area contributed by atoms with Gasteiger partial charge in [-0.15, -0.1) is 0 Å². The second-order valence-corrected chi connectivity index (χ2v) is 7.47. The second-order valence-electron chi connectivity index (χ2n) is 7.47. The van der Waals surface area contributed by atoms with Crippen LogP contribution >= 0.6 is 0 Å². The van der Waals surface area contributed by atoms with Gasteiger partial charge in [0, 0.05) is 57.1 Å². The number of ether oxygens (including phenoxy) is 1. The van der Waals surface area contributed by atoms with Crippen LogP contribution in [0.3, 0.4) is 0 Å². The highest BCUT2D eigenvalue weighted by atomic mass is 16.5. The van der Waals surface area contributed by atoms with E-state index >= 15 is 0 Å². The number of piperazine rings is 1. The molecule has 2 aliphatic rings. The monoisotopic (exact) mass is 384 g/mol. The molecule has 8 heteroatoms. The lowest BCUT2D eigenvalue weighted by Gasteiger charge is -2.43. The summed E-state index contributed by atoms with van der Waals surface area (Å²) < 4.78 is 5.24. The number of methoxy groups -OCH3 is 1. The lowest BCUT2D eigenvalue weighted by atomic mass is 10.0. The number of nitrogens with one attached hydrogen (secondary N) is 1. The van der Waals surface area contributed by atoms with Gasteiger partial charge in [-0.1, -0.05) is 0 Å². The van der Waals surface area contributed by atoms with Crippen molar-refractivity contribution in [3.63, 3.8) is 0 Å². The summed E-state index contributed by atoms with van der Waals surface area (Å²) in [5.41, 5.74) is 7.34. The Hall–Kier alpha value is -2.74. The molecular formula is C20H28N6O2. The molecule has 8 nitrogen and oxygen atoms in total. The summed E-state index contributed by atoms with van der Waals surface area (Å²) in [5.74, 6) is 1.23. The summed E-state index contributed by atoms with van der Waals surface area (Å²) in [7, 11) is 1.69. The zero-order chi connectivity index (χ0) is 19.5. The van der Waals surface area contributed by atoms with Crippen LogP contribution in [0.2, 0.25) is 0 Å². The van der Waals surface area contributed by atoms with Gasteiger partial charge in [0.15, 0.2) is 0 Å². The fourth-order valence-electron chi connectivity index (χ4n) is 4.19. The van der Waals surface area contributed by atoms with E-state index in [1.54, 1.807) is 13.2 Å². The number of aromatic amines is 1. The Morgan fingerprint density at radius 1 is 1.18 bits per heavy atom. The number of rotatable bonds is 4. The first-order chi connectivity index (χ1) is 13.6. The molecule has 3 heterocycles. The van der Waals surface area contributed by atoms with Crippen molar-refractivity contribution in [2.45, 2.75) is 18.9 Å². The molecule has 0 saturated carbocycles. The first-order valence-corrected chi connectivity index (χ1v) is 9.87. The number of hydrogen-bond acceptors (Lipinski definition) is 6. The number of amides is 1. The van der Waals surface area contributed by atoms with Crippen LogP contribution in [0.25, 0.3) is 0 Å². The molecule has 150 valence electrons. The largest absolute Gasteiger partial charge is 0.497 e. The number of H-pyrrole nitrogens is 1. The molecule has 2 aliphatic heterocycles. The Bertz CT molecular complexity index is 797. The number of hydrogen-bond donors (Lipinski definition) is 2. The first-order valence-electron chi connectivity index (χ1n) is 9.87. The molecule has 3 N–H and O–H groups in total. The van der Waals surface area contributed by atoms with Crippen LogP contribution in [0.4, 0.5) is 11.5 Å². The standard InChI is InChI=1S/C20H28N6O2/c1-28-17-6-4-15(5-7-17)24-9-11-25(12-10-24)16-3-2-8-26(14-16)20(27)18-13-19(21)23-22-18/h4-7,13,16H,2-3,8-12,14H2,1H3,(H3,21,22,23)/t16-/m1/s1. The number of piperidine rings is 1. The van der Waals surface area contributed by atoms with Gasteiger partial charge < -0.3 is 20.3 Å². The smallest absolute Gasteiger partial charge is 0.271 e. The molecule has 2 fully saturated rings. The van der Waals surface area contributed by atoms with Crippen molar-refractivity contribution < 1.29 is 9.53 Å². The van der Waals surface area contributed by atoms with E-state index in [1.807, 2.05) is 17.0 Å². The predicted molar refractivity (Wildman–Crippen MR) is 109 cm³/mol. The molecule has 28 heavy (non-hydrogen) atoms. The fraction of sp³-hybridized carbons (Fsp3) is 0.500. The van der Waals surface area contributed by atoms with E-state index in [0.29, 0.717) is 17.6 Å². The van der Waals surface area contributed by atoms with Crippen molar-refractivity contribution in [3.8, 4) is 5.75 Å². The fourth-order valence-corrected chi connectivity index (χ4v) is 4.19. The maximum absolute atomic E-state index is 12.7. The van der Waals surface area contributed by atoms with E-state index in [-0.39, 0.29) is 5.91 Å². The maximum Gasteiger partial charge on any atom is 0.271 e. The highest BCUT2D eigenvalue weighted by molar-refractivity contribution is 5.93. The minimum absolute atomic E-state index is 0.00855. The number of benzene rings is 1. The Labute approximate surface area is 165 Å². The maximum atomic E-state index is 12.7. The van der Waals surface area contributed by atoms with E-state index in [4.69, 9.17) is 10.5 Å². The number of nitrogens with two attached hydrogens (primary N) is 1. The van der Waals surface area contributed by atoms with Gasteiger partial charge in [0.1, 0.15) is 17.3 Å². The van der Waals surface area contributed by atoms with Crippen LogP contribution in [-0.4, -0.2) is 78.3 Å². The van der Waals surface area contributed by atoms with Gasteiger partial charge in [0.2, 0.25) is 0 Å². The van der Waals surface area contributed by atoms with E-state index in [2.05, 4.69) is 32.1 Å². The van der Waals surface area contributed by atoms with Crippen molar-refractivity contribution in [2.24, 2.45) is 0 Å². The first kappa shape index (κ1) is 18.6. The Morgan fingerprint density at radius 2 is 1.93 bits per heavy atom. The van der Waals surface area contributed by atoms with Gasteiger partial charge >= 0.3 is 0 Å². The molecule has 0 aliphatic carbocycles.